The summed E-state index contributed by atoms with van der Waals surface area (Å²) < 4.78 is 12.1. The van der Waals surface area contributed by atoms with Crippen LogP contribution in [0.25, 0.3) is 0 Å². The van der Waals surface area contributed by atoms with Crippen LogP contribution in [0.1, 0.15) is 33.4 Å². The third-order valence-corrected chi connectivity index (χ3v) is 4.80. The van der Waals surface area contributed by atoms with E-state index in [2.05, 4.69) is 35.8 Å². The number of halogens is 1. The summed E-state index contributed by atoms with van der Waals surface area (Å²) in [6, 6.07) is 3.89. The molecule has 3 heterocycles. The molecule has 1 aliphatic rings. The average Bonchev–Trinajstić information content (AvgIpc) is 2.67. The molecule has 0 bridgehead atoms. The lowest BCUT2D eigenvalue weighted by molar-refractivity contribution is 0.0218. The van der Waals surface area contributed by atoms with Crippen LogP contribution in [0, 0.1) is 0 Å². The molecule has 8 nitrogen and oxygen atoms in total. The van der Waals surface area contributed by atoms with Gasteiger partial charge in [-0.05, 0) is 55.8 Å². The van der Waals surface area contributed by atoms with Crippen molar-refractivity contribution in [2.75, 3.05) is 24.5 Å². The summed E-state index contributed by atoms with van der Waals surface area (Å²) in [6.07, 6.45) is 4.77. The van der Waals surface area contributed by atoms with Crippen molar-refractivity contribution in [3.05, 3.63) is 40.9 Å². The standard InChI is InChI=1S/C20H26BrN5O3/c1-14-12-25(19(27)29-20(2,3)4)7-8-26(14)18-23-10-17(11-24-18)28-13-16-6-5-15(21)9-22-16/h5-6,9-11,14H,7-8,12-13H2,1-4H3/t14-/m1/s1. The lowest BCUT2D eigenvalue weighted by Gasteiger charge is -2.40. The summed E-state index contributed by atoms with van der Waals surface area (Å²) >= 11 is 3.36. The van der Waals surface area contributed by atoms with Crippen molar-refractivity contribution < 1.29 is 14.3 Å². The third-order valence-electron chi connectivity index (χ3n) is 4.33. The molecule has 1 saturated heterocycles. The van der Waals surface area contributed by atoms with Gasteiger partial charge in [0.05, 0.1) is 18.1 Å². The molecular formula is C20H26BrN5O3. The molecule has 29 heavy (non-hydrogen) atoms. The summed E-state index contributed by atoms with van der Waals surface area (Å²) in [4.78, 5) is 29.2. The number of hydrogen-bond donors (Lipinski definition) is 0. The van der Waals surface area contributed by atoms with Crippen LogP contribution in [0.5, 0.6) is 5.75 Å². The second-order valence-electron chi connectivity index (χ2n) is 7.94. The molecule has 156 valence electrons. The third kappa shape index (κ3) is 6.03. The molecule has 0 aliphatic carbocycles. The van der Waals surface area contributed by atoms with Crippen molar-refractivity contribution in [2.45, 2.75) is 45.9 Å². The summed E-state index contributed by atoms with van der Waals surface area (Å²) in [7, 11) is 0. The molecule has 0 radical (unpaired) electrons. The van der Waals surface area contributed by atoms with E-state index >= 15 is 0 Å². The normalized spacial score (nSPS) is 17.2. The van der Waals surface area contributed by atoms with Crippen molar-refractivity contribution in [3.8, 4) is 5.75 Å². The van der Waals surface area contributed by atoms with E-state index in [1.165, 1.54) is 0 Å². The fourth-order valence-electron chi connectivity index (χ4n) is 2.93. The van der Waals surface area contributed by atoms with Gasteiger partial charge in [-0.2, -0.15) is 0 Å². The van der Waals surface area contributed by atoms with E-state index in [1.54, 1.807) is 23.5 Å². The average molecular weight is 464 g/mol. The number of pyridine rings is 1. The highest BCUT2D eigenvalue weighted by atomic mass is 79.9. The molecule has 0 N–H and O–H groups in total. The summed E-state index contributed by atoms with van der Waals surface area (Å²) in [5, 5.41) is 0. The van der Waals surface area contributed by atoms with Crippen LogP contribution in [0.2, 0.25) is 0 Å². The maximum absolute atomic E-state index is 12.3. The van der Waals surface area contributed by atoms with Crippen molar-refractivity contribution in [1.29, 1.82) is 0 Å². The molecule has 0 saturated carbocycles. The van der Waals surface area contributed by atoms with Gasteiger partial charge in [-0.15, -0.1) is 0 Å². The number of amides is 1. The zero-order chi connectivity index (χ0) is 21.0. The van der Waals surface area contributed by atoms with E-state index in [-0.39, 0.29) is 12.1 Å². The minimum atomic E-state index is -0.498. The molecule has 3 rings (SSSR count). The molecule has 9 heteroatoms. The van der Waals surface area contributed by atoms with Crippen molar-refractivity contribution in [2.24, 2.45) is 0 Å². The highest BCUT2D eigenvalue weighted by molar-refractivity contribution is 9.10. The molecule has 1 amide bonds. The monoisotopic (exact) mass is 463 g/mol. The van der Waals surface area contributed by atoms with E-state index in [4.69, 9.17) is 9.47 Å². The van der Waals surface area contributed by atoms with Gasteiger partial charge < -0.3 is 19.3 Å². The Bertz CT molecular complexity index is 824. The summed E-state index contributed by atoms with van der Waals surface area (Å²) in [5.74, 6) is 1.20. The fourth-order valence-corrected chi connectivity index (χ4v) is 3.16. The van der Waals surface area contributed by atoms with Gasteiger partial charge in [0.25, 0.3) is 0 Å². The van der Waals surface area contributed by atoms with Crippen LogP contribution < -0.4 is 9.64 Å². The summed E-state index contributed by atoms with van der Waals surface area (Å²) in [6.45, 7) is 9.77. The van der Waals surface area contributed by atoms with Crippen LogP contribution >= 0.6 is 15.9 Å². The topological polar surface area (TPSA) is 80.7 Å². The second-order valence-corrected chi connectivity index (χ2v) is 8.86. The Kier molecular flexibility index (Phi) is 6.56. The predicted molar refractivity (Wildman–Crippen MR) is 113 cm³/mol. The van der Waals surface area contributed by atoms with Gasteiger partial charge in [0.2, 0.25) is 5.95 Å². The Hall–Kier alpha value is -2.42. The number of carbonyl (C=O) groups is 1. The molecule has 1 aliphatic heterocycles. The highest BCUT2D eigenvalue weighted by Crippen LogP contribution is 2.20. The first-order valence-corrected chi connectivity index (χ1v) is 10.3. The molecule has 0 aromatic carbocycles. The number of rotatable bonds is 4. The van der Waals surface area contributed by atoms with Crippen molar-refractivity contribution in [3.63, 3.8) is 0 Å². The first kappa shape index (κ1) is 21.3. The van der Waals surface area contributed by atoms with Gasteiger partial charge in [-0.25, -0.2) is 14.8 Å². The molecule has 1 atom stereocenters. The van der Waals surface area contributed by atoms with Gasteiger partial charge in [-0.1, -0.05) is 0 Å². The minimum absolute atomic E-state index is 0.0787. The van der Waals surface area contributed by atoms with Gasteiger partial charge in [0.15, 0.2) is 5.75 Å². The van der Waals surface area contributed by atoms with E-state index in [1.807, 2.05) is 39.8 Å². The predicted octanol–water partition coefficient (Wildman–Crippen LogP) is 3.66. The lowest BCUT2D eigenvalue weighted by Crippen LogP contribution is -2.55. The Morgan fingerprint density at radius 3 is 2.48 bits per heavy atom. The minimum Gasteiger partial charge on any atom is -0.484 e. The quantitative estimate of drug-likeness (QED) is 0.683. The number of hydrogen-bond acceptors (Lipinski definition) is 7. The van der Waals surface area contributed by atoms with Crippen LogP contribution in [0.4, 0.5) is 10.7 Å². The molecule has 0 spiro atoms. The van der Waals surface area contributed by atoms with Gasteiger partial charge in [-0.3, -0.25) is 4.98 Å². The van der Waals surface area contributed by atoms with E-state index in [9.17, 15) is 4.79 Å². The maximum Gasteiger partial charge on any atom is 0.410 e. The van der Waals surface area contributed by atoms with Crippen LogP contribution in [-0.4, -0.2) is 57.2 Å². The maximum atomic E-state index is 12.3. The fraction of sp³-hybridized carbons (Fsp3) is 0.500. The van der Waals surface area contributed by atoms with Crippen molar-refractivity contribution >= 4 is 28.0 Å². The first-order valence-electron chi connectivity index (χ1n) is 9.51. The van der Waals surface area contributed by atoms with Crippen LogP contribution in [0.15, 0.2) is 35.2 Å². The van der Waals surface area contributed by atoms with Gasteiger partial charge >= 0.3 is 6.09 Å². The van der Waals surface area contributed by atoms with Crippen molar-refractivity contribution in [1.82, 2.24) is 19.9 Å². The number of nitrogens with zero attached hydrogens (tertiary/aromatic N) is 5. The summed E-state index contributed by atoms with van der Waals surface area (Å²) in [5.41, 5.74) is 0.325. The highest BCUT2D eigenvalue weighted by Gasteiger charge is 2.30. The van der Waals surface area contributed by atoms with Gasteiger partial charge in [0.1, 0.15) is 12.2 Å². The van der Waals surface area contributed by atoms with Crippen LogP contribution in [0.3, 0.4) is 0 Å². The first-order chi connectivity index (χ1) is 13.7. The Morgan fingerprint density at radius 1 is 1.17 bits per heavy atom. The zero-order valence-corrected chi connectivity index (χ0v) is 18.7. The smallest absolute Gasteiger partial charge is 0.410 e. The van der Waals surface area contributed by atoms with Crippen LogP contribution in [-0.2, 0) is 11.3 Å². The molecule has 0 unspecified atom stereocenters. The van der Waals surface area contributed by atoms with E-state index in [0.29, 0.717) is 37.9 Å². The number of anilines is 1. The lowest BCUT2D eigenvalue weighted by atomic mass is 10.2. The number of ether oxygens (including phenoxy) is 2. The SMILES string of the molecule is C[C@@H]1CN(C(=O)OC(C)(C)C)CCN1c1ncc(OCc2ccc(Br)cn2)cn1. The van der Waals surface area contributed by atoms with Gasteiger partial charge in [0, 0.05) is 36.3 Å². The number of aromatic nitrogens is 3. The Balaban J connectivity index is 1.54. The Morgan fingerprint density at radius 2 is 1.90 bits per heavy atom. The van der Waals surface area contributed by atoms with E-state index in [0.717, 1.165) is 10.2 Å². The molecule has 2 aromatic heterocycles. The molecule has 2 aromatic rings. The zero-order valence-electron chi connectivity index (χ0n) is 17.1. The number of piperazine rings is 1. The molecule has 1 fully saturated rings. The number of carbonyl (C=O) groups excluding carboxylic acids is 1. The molecular weight excluding hydrogens is 438 g/mol. The van der Waals surface area contributed by atoms with E-state index < -0.39 is 5.60 Å². The largest absolute Gasteiger partial charge is 0.484 e. The second kappa shape index (κ2) is 8.94. The Labute approximate surface area is 179 Å².